The molecule has 0 atom stereocenters. The van der Waals surface area contributed by atoms with Crippen molar-refractivity contribution in [3.8, 4) is 5.69 Å². The highest BCUT2D eigenvalue weighted by Crippen LogP contribution is 2.20. The number of aryl methyl sites for hydroxylation is 1. The third kappa shape index (κ3) is 5.00. The van der Waals surface area contributed by atoms with Crippen LogP contribution in [0.1, 0.15) is 46.9 Å². The number of likely N-dealkylation sites (tertiary alicyclic amines) is 1. The van der Waals surface area contributed by atoms with E-state index in [-0.39, 0.29) is 11.9 Å². The molecule has 0 spiro atoms. The van der Waals surface area contributed by atoms with Gasteiger partial charge in [-0.1, -0.05) is 48.9 Å². The number of piperidine rings is 1. The van der Waals surface area contributed by atoms with Crippen molar-refractivity contribution < 1.29 is 4.79 Å². The molecule has 0 bridgehead atoms. The summed E-state index contributed by atoms with van der Waals surface area (Å²) in [4.78, 5) is 15.5. The highest BCUT2D eigenvalue weighted by atomic mass is 35.5. The first-order valence-corrected chi connectivity index (χ1v) is 11.3. The lowest BCUT2D eigenvalue weighted by Gasteiger charge is -2.32. The minimum atomic E-state index is -0.0394. The smallest absolute Gasteiger partial charge is 0.254 e. The minimum Gasteiger partial charge on any atom is -0.349 e. The average Bonchev–Trinajstić information content (AvgIpc) is 3.21. The number of aromatic nitrogens is 2. The summed E-state index contributed by atoms with van der Waals surface area (Å²) in [6.07, 6.45) is 4.30. The molecule has 31 heavy (non-hydrogen) atoms. The van der Waals surface area contributed by atoms with Gasteiger partial charge in [-0.15, -0.1) is 0 Å². The molecule has 3 aromatic rings. The van der Waals surface area contributed by atoms with E-state index in [0.29, 0.717) is 17.0 Å². The Labute approximate surface area is 189 Å². The first-order chi connectivity index (χ1) is 15.0. The lowest BCUT2D eigenvalue weighted by molar-refractivity contribution is 0.0908. The van der Waals surface area contributed by atoms with Gasteiger partial charge in [0.25, 0.3) is 5.91 Å². The Morgan fingerprint density at radius 3 is 2.65 bits per heavy atom. The summed E-state index contributed by atoms with van der Waals surface area (Å²) < 4.78 is 1.81. The summed E-state index contributed by atoms with van der Waals surface area (Å²) in [6.45, 7) is 7.15. The van der Waals surface area contributed by atoms with Crippen molar-refractivity contribution in [2.24, 2.45) is 0 Å². The van der Waals surface area contributed by atoms with E-state index in [9.17, 15) is 4.79 Å². The topological polar surface area (TPSA) is 50.2 Å². The van der Waals surface area contributed by atoms with Gasteiger partial charge in [0, 0.05) is 30.7 Å². The van der Waals surface area contributed by atoms with Crippen molar-refractivity contribution in [3.63, 3.8) is 0 Å². The number of carbonyl (C=O) groups is 1. The largest absolute Gasteiger partial charge is 0.349 e. The Bertz CT molecular complexity index is 1050. The molecule has 0 radical (unpaired) electrons. The third-order valence-corrected chi connectivity index (χ3v) is 6.31. The van der Waals surface area contributed by atoms with E-state index in [1.54, 1.807) is 6.20 Å². The van der Waals surface area contributed by atoms with Crippen LogP contribution in [-0.4, -0.2) is 39.7 Å². The molecule has 1 saturated heterocycles. The molecule has 0 unspecified atom stereocenters. The van der Waals surface area contributed by atoms with Gasteiger partial charge in [0.15, 0.2) is 0 Å². The van der Waals surface area contributed by atoms with Crippen LogP contribution < -0.4 is 5.32 Å². The van der Waals surface area contributed by atoms with Crippen LogP contribution in [0.5, 0.6) is 0 Å². The van der Waals surface area contributed by atoms with E-state index in [0.717, 1.165) is 43.9 Å². The van der Waals surface area contributed by atoms with E-state index >= 15 is 0 Å². The van der Waals surface area contributed by atoms with Gasteiger partial charge in [0.2, 0.25) is 0 Å². The van der Waals surface area contributed by atoms with Crippen molar-refractivity contribution in [1.29, 1.82) is 0 Å². The van der Waals surface area contributed by atoms with Crippen LogP contribution >= 0.6 is 11.6 Å². The zero-order chi connectivity index (χ0) is 21.8. The Morgan fingerprint density at radius 1 is 1.16 bits per heavy atom. The second kappa shape index (κ2) is 9.67. The first-order valence-electron chi connectivity index (χ1n) is 11.0. The van der Waals surface area contributed by atoms with Crippen LogP contribution in [0.4, 0.5) is 0 Å². The van der Waals surface area contributed by atoms with Crippen molar-refractivity contribution in [2.75, 3.05) is 13.1 Å². The molecule has 2 aromatic carbocycles. The molecule has 1 aliphatic heterocycles. The van der Waals surface area contributed by atoms with Crippen LogP contribution in [0.3, 0.4) is 0 Å². The maximum absolute atomic E-state index is 13.0. The highest BCUT2D eigenvalue weighted by molar-refractivity contribution is 6.30. The van der Waals surface area contributed by atoms with Crippen LogP contribution in [-0.2, 0) is 13.0 Å². The summed E-state index contributed by atoms with van der Waals surface area (Å²) in [5.74, 6) is -0.0394. The molecular weight excluding hydrogens is 408 g/mol. The molecule has 1 fully saturated rings. The molecule has 5 nitrogen and oxygen atoms in total. The van der Waals surface area contributed by atoms with E-state index in [1.807, 2.05) is 35.9 Å². The molecule has 1 amide bonds. The zero-order valence-corrected chi connectivity index (χ0v) is 18.9. The van der Waals surface area contributed by atoms with Gasteiger partial charge >= 0.3 is 0 Å². The van der Waals surface area contributed by atoms with E-state index in [4.69, 9.17) is 11.6 Å². The van der Waals surface area contributed by atoms with Crippen molar-refractivity contribution in [3.05, 3.63) is 82.1 Å². The predicted octanol–water partition coefficient (Wildman–Crippen LogP) is 4.79. The fraction of sp³-hybridized carbons (Fsp3) is 0.360. The second-order valence-corrected chi connectivity index (χ2v) is 8.64. The fourth-order valence-electron chi connectivity index (χ4n) is 4.26. The standard InChI is InChI=1S/C25H29ClN4O/c1-3-24-23(16-27-30(24)22-10-6-9-20(26)15-22)25(31)28-21-11-13-29(14-12-21)17-19-8-5-4-7-18(19)2/h4-10,15-16,21H,3,11-14,17H2,1-2H3,(H,28,31). The van der Waals surface area contributed by atoms with Gasteiger partial charge in [-0.2, -0.15) is 5.10 Å². The number of nitrogens with zero attached hydrogens (tertiary/aromatic N) is 3. The van der Waals surface area contributed by atoms with E-state index in [1.165, 1.54) is 11.1 Å². The zero-order valence-electron chi connectivity index (χ0n) is 18.1. The molecule has 2 heterocycles. The number of hydrogen-bond donors (Lipinski definition) is 1. The number of benzene rings is 2. The Balaban J connectivity index is 1.38. The second-order valence-electron chi connectivity index (χ2n) is 8.20. The maximum atomic E-state index is 13.0. The number of halogens is 1. The Kier molecular flexibility index (Phi) is 6.73. The normalized spacial score (nSPS) is 15.2. The molecular formula is C25H29ClN4O. The Hall–Kier alpha value is -2.63. The van der Waals surface area contributed by atoms with E-state index < -0.39 is 0 Å². The summed E-state index contributed by atoms with van der Waals surface area (Å²) in [6, 6.07) is 16.3. The number of amides is 1. The van der Waals surface area contributed by atoms with Crippen molar-refractivity contribution >= 4 is 17.5 Å². The molecule has 162 valence electrons. The van der Waals surface area contributed by atoms with Gasteiger partial charge in [-0.3, -0.25) is 9.69 Å². The summed E-state index contributed by atoms with van der Waals surface area (Å²) in [5, 5.41) is 8.36. The van der Waals surface area contributed by atoms with Crippen LogP contribution in [0.15, 0.2) is 54.7 Å². The molecule has 4 rings (SSSR count). The van der Waals surface area contributed by atoms with Gasteiger partial charge in [0.1, 0.15) is 0 Å². The molecule has 0 saturated carbocycles. The monoisotopic (exact) mass is 436 g/mol. The highest BCUT2D eigenvalue weighted by Gasteiger charge is 2.24. The van der Waals surface area contributed by atoms with Crippen LogP contribution in [0.2, 0.25) is 5.02 Å². The average molecular weight is 437 g/mol. The summed E-state index contributed by atoms with van der Waals surface area (Å²) >= 11 is 6.14. The molecule has 6 heteroatoms. The molecule has 1 aromatic heterocycles. The third-order valence-electron chi connectivity index (χ3n) is 6.08. The van der Waals surface area contributed by atoms with Crippen LogP contribution in [0.25, 0.3) is 5.69 Å². The Morgan fingerprint density at radius 2 is 1.94 bits per heavy atom. The fourth-order valence-corrected chi connectivity index (χ4v) is 4.45. The number of nitrogens with one attached hydrogen (secondary N) is 1. The van der Waals surface area contributed by atoms with Crippen molar-refractivity contribution in [2.45, 2.75) is 45.7 Å². The van der Waals surface area contributed by atoms with Crippen molar-refractivity contribution in [1.82, 2.24) is 20.0 Å². The first kappa shape index (κ1) is 21.6. The van der Waals surface area contributed by atoms with E-state index in [2.05, 4.69) is 46.5 Å². The lowest BCUT2D eigenvalue weighted by Crippen LogP contribution is -2.44. The number of rotatable bonds is 6. The lowest BCUT2D eigenvalue weighted by atomic mass is 10.0. The molecule has 1 N–H and O–H groups in total. The quantitative estimate of drug-likeness (QED) is 0.604. The maximum Gasteiger partial charge on any atom is 0.254 e. The molecule has 0 aliphatic carbocycles. The molecule has 1 aliphatic rings. The van der Waals surface area contributed by atoms with Gasteiger partial charge < -0.3 is 5.32 Å². The summed E-state index contributed by atoms with van der Waals surface area (Å²) in [5.41, 5.74) is 5.13. The van der Waals surface area contributed by atoms with Gasteiger partial charge in [-0.25, -0.2) is 4.68 Å². The predicted molar refractivity (Wildman–Crippen MR) is 125 cm³/mol. The SMILES string of the molecule is CCc1c(C(=O)NC2CCN(Cc3ccccc3C)CC2)cnn1-c1cccc(Cl)c1. The van der Waals surface area contributed by atoms with Gasteiger partial charge in [0.05, 0.1) is 23.1 Å². The van der Waals surface area contributed by atoms with Crippen LogP contribution in [0, 0.1) is 6.92 Å². The number of hydrogen-bond acceptors (Lipinski definition) is 3. The minimum absolute atomic E-state index is 0.0394. The summed E-state index contributed by atoms with van der Waals surface area (Å²) in [7, 11) is 0. The number of carbonyl (C=O) groups excluding carboxylic acids is 1. The van der Waals surface area contributed by atoms with Gasteiger partial charge in [-0.05, 0) is 55.5 Å².